The maximum atomic E-state index is 12.5. The fraction of sp³-hybridized carbons (Fsp3) is 0.417. The molecule has 0 aliphatic carbocycles. The Morgan fingerprint density at radius 3 is 2.67 bits per heavy atom. The zero-order valence-electron chi connectivity index (χ0n) is 9.72. The van der Waals surface area contributed by atoms with Crippen LogP contribution in [0.1, 0.15) is 29.3 Å². The van der Waals surface area contributed by atoms with E-state index in [1.807, 2.05) is 6.92 Å². The standard InChI is InChI=1S/C12H13BrF3NO/c1-2-10(13)7-17-11(18)8-4-3-5-9(6-8)12(14,15)16/h3-6,10H,2,7H2,1H3,(H,17,18). The molecular weight excluding hydrogens is 311 g/mol. The first-order valence-electron chi connectivity index (χ1n) is 5.44. The predicted octanol–water partition coefficient (Wildman–Crippen LogP) is 3.61. The number of halogens is 4. The Balaban J connectivity index is 2.75. The van der Waals surface area contributed by atoms with Crippen molar-refractivity contribution in [3.05, 3.63) is 35.4 Å². The molecule has 2 nitrogen and oxygen atoms in total. The van der Waals surface area contributed by atoms with Gasteiger partial charge in [0.15, 0.2) is 0 Å². The van der Waals surface area contributed by atoms with Crippen molar-refractivity contribution in [3.63, 3.8) is 0 Å². The lowest BCUT2D eigenvalue weighted by Crippen LogP contribution is -2.29. The molecule has 1 N–H and O–H groups in total. The monoisotopic (exact) mass is 323 g/mol. The van der Waals surface area contributed by atoms with Gasteiger partial charge in [0.25, 0.3) is 5.91 Å². The van der Waals surface area contributed by atoms with Crippen molar-refractivity contribution >= 4 is 21.8 Å². The van der Waals surface area contributed by atoms with E-state index in [0.717, 1.165) is 18.6 Å². The van der Waals surface area contributed by atoms with Crippen LogP contribution < -0.4 is 5.32 Å². The minimum Gasteiger partial charge on any atom is -0.351 e. The first-order chi connectivity index (χ1) is 8.34. The Labute approximate surface area is 112 Å². The summed E-state index contributed by atoms with van der Waals surface area (Å²) in [6.45, 7) is 2.32. The Bertz CT molecular complexity index is 420. The number of alkyl halides is 4. The molecule has 0 aromatic heterocycles. The summed E-state index contributed by atoms with van der Waals surface area (Å²) in [6.07, 6.45) is -3.61. The highest BCUT2D eigenvalue weighted by atomic mass is 79.9. The van der Waals surface area contributed by atoms with Gasteiger partial charge in [-0.15, -0.1) is 0 Å². The van der Waals surface area contributed by atoms with Gasteiger partial charge >= 0.3 is 6.18 Å². The van der Waals surface area contributed by atoms with Crippen molar-refractivity contribution in [3.8, 4) is 0 Å². The van der Waals surface area contributed by atoms with Gasteiger partial charge in [0.1, 0.15) is 0 Å². The van der Waals surface area contributed by atoms with E-state index in [0.29, 0.717) is 6.54 Å². The average Bonchev–Trinajstić information content (AvgIpc) is 2.34. The SMILES string of the molecule is CCC(Br)CNC(=O)c1cccc(C(F)(F)F)c1. The van der Waals surface area contributed by atoms with Crippen LogP contribution >= 0.6 is 15.9 Å². The third-order valence-electron chi connectivity index (χ3n) is 2.38. The molecule has 1 unspecified atom stereocenters. The summed E-state index contributed by atoms with van der Waals surface area (Å²) in [5, 5.41) is 2.58. The van der Waals surface area contributed by atoms with Crippen molar-refractivity contribution in [2.24, 2.45) is 0 Å². The normalized spacial score (nSPS) is 13.2. The molecule has 0 aliphatic heterocycles. The van der Waals surface area contributed by atoms with E-state index in [-0.39, 0.29) is 10.4 Å². The highest BCUT2D eigenvalue weighted by Gasteiger charge is 2.30. The van der Waals surface area contributed by atoms with Gasteiger partial charge in [0.05, 0.1) is 5.56 Å². The fourth-order valence-corrected chi connectivity index (χ4v) is 1.45. The van der Waals surface area contributed by atoms with Crippen LogP contribution in [-0.4, -0.2) is 17.3 Å². The molecule has 6 heteroatoms. The molecule has 0 fully saturated rings. The van der Waals surface area contributed by atoms with Gasteiger partial charge in [-0.3, -0.25) is 4.79 Å². The molecule has 1 amide bonds. The molecule has 0 bridgehead atoms. The number of carbonyl (C=O) groups is 1. The first-order valence-corrected chi connectivity index (χ1v) is 6.35. The Morgan fingerprint density at radius 2 is 2.11 bits per heavy atom. The Kier molecular flexibility index (Phi) is 5.19. The molecule has 0 radical (unpaired) electrons. The van der Waals surface area contributed by atoms with Crippen molar-refractivity contribution in [2.75, 3.05) is 6.54 Å². The summed E-state index contributed by atoms with van der Waals surface area (Å²) in [4.78, 5) is 11.8. The van der Waals surface area contributed by atoms with E-state index in [9.17, 15) is 18.0 Å². The molecular formula is C12H13BrF3NO. The molecule has 0 saturated heterocycles. The summed E-state index contributed by atoms with van der Waals surface area (Å²) < 4.78 is 37.4. The third kappa shape index (κ3) is 4.33. The molecule has 100 valence electrons. The van der Waals surface area contributed by atoms with E-state index in [4.69, 9.17) is 0 Å². The second-order valence-corrected chi connectivity index (χ2v) is 5.09. The minimum absolute atomic E-state index is 0.0145. The largest absolute Gasteiger partial charge is 0.416 e. The van der Waals surface area contributed by atoms with Crippen molar-refractivity contribution in [1.82, 2.24) is 5.32 Å². The van der Waals surface area contributed by atoms with Crippen LogP contribution in [-0.2, 0) is 6.18 Å². The summed E-state index contributed by atoms with van der Waals surface area (Å²) in [7, 11) is 0. The second kappa shape index (κ2) is 6.22. The van der Waals surface area contributed by atoms with Crippen LogP contribution in [0.15, 0.2) is 24.3 Å². The number of carbonyl (C=O) groups excluding carboxylic acids is 1. The van der Waals surface area contributed by atoms with Gasteiger partial charge in [-0.2, -0.15) is 13.2 Å². The van der Waals surface area contributed by atoms with Crippen LogP contribution in [0.5, 0.6) is 0 Å². The summed E-state index contributed by atoms with van der Waals surface area (Å²) >= 11 is 3.33. The predicted molar refractivity (Wildman–Crippen MR) is 66.8 cm³/mol. The molecule has 1 aromatic carbocycles. The van der Waals surface area contributed by atoms with Gasteiger partial charge in [-0.05, 0) is 24.6 Å². The van der Waals surface area contributed by atoms with Crippen LogP contribution in [0.4, 0.5) is 13.2 Å². The van der Waals surface area contributed by atoms with Crippen molar-refractivity contribution in [1.29, 1.82) is 0 Å². The topological polar surface area (TPSA) is 29.1 Å². The van der Waals surface area contributed by atoms with Crippen LogP contribution in [0.3, 0.4) is 0 Å². The van der Waals surface area contributed by atoms with E-state index >= 15 is 0 Å². The molecule has 1 atom stereocenters. The maximum Gasteiger partial charge on any atom is 0.416 e. The number of benzene rings is 1. The molecule has 0 saturated carbocycles. The number of hydrogen-bond donors (Lipinski definition) is 1. The molecule has 0 aliphatic rings. The van der Waals surface area contributed by atoms with Crippen molar-refractivity contribution in [2.45, 2.75) is 24.3 Å². The summed E-state index contributed by atoms with van der Waals surface area (Å²) in [5.41, 5.74) is -0.804. The van der Waals surface area contributed by atoms with E-state index in [1.54, 1.807) is 0 Å². The van der Waals surface area contributed by atoms with Gasteiger partial charge in [0, 0.05) is 16.9 Å². The zero-order chi connectivity index (χ0) is 13.8. The van der Waals surface area contributed by atoms with E-state index < -0.39 is 17.6 Å². The van der Waals surface area contributed by atoms with E-state index in [1.165, 1.54) is 12.1 Å². The van der Waals surface area contributed by atoms with Gasteiger partial charge < -0.3 is 5.32 Å². The highest BCUT2D eigenvalue weighted by Crippen LogP contribution is 2.29. The quantitative estimate of drug-likeness (QED) is 0.843. The highest BCUT2D eigenvalue weighted by molar-refractivity contribution is 9.09. The van der Waals surface area contributed by atoms with Gasteiger partial charge in [-0.25, -0.2) is 0 Å². The molecule has 1 rings (SSSR count). The zero-order valence-corrected chi connectivity index (χ0v) is 11.3. The van der Waals surface area contributed by atoms with E-state index in [2.05, 4.69) is 21.2 Å². The average molecular weight is 324 g/mol. The molecule has 1 aromatic rings. The molecule has 0 spiro atoms. The van der Waals surface area contributed by atoms with Crippen molar-refractivity contribution < 1.29 is 18.0 Å². The minimum atomic E-state index is -4.43. The lowest BCUT2D eigenvalue weighted by atomic mass is 10.1. The second-order valence-electron chi connectivity index (χ2n) is 3.79. The lowest BCUT2D eigenvalue weighted by Gasteiger charge is -2.11. The van der Waals surface area contributed by atoms with Gasteiger partial charge in [-0.1, -0.05) is 28.9 Å². The number of rotatable bonds is 4. The Morgan fingerprint density at radius 1 is 1.44 bits per heavy atom. The summed E-state index contributed by atoms with van der Waals surface area (Å²) in [6, 6.07) is 4.38. The number of amides is 1. The van der Waals surface area contributed by atoms with Gasteiger partial charge in [0.2, 0.25) is 0 Å². The first kappa shape index (κ1) is 15.0. The smallest absolute Gasteiger partial charge is 0.351 e. The number of nitrogens with one attached hydrogen (secondary N) is 1. The maximum absolute atomic E-state index is 12.5. The van der Waals surface area contributed by atoms with Crippen LogP contribution in [0, 0.1) is 0 Å². The Hall–Kier alpha value is -1.04. The number of hydrogen-bond acceptors (Lipinski definition) is 1. The molecule has 0 heterocycles. The third-order valence-corrected chi connectivity index (χ3v) is 3.35. The molecule has 18 heavy (non-hydrogen) atoms. The van der Waals surface area contributed by atoms with Crippen LogP contribution in [0.25, 0.3) is 0 Å². The van der Waals surface area contributed by atoms with Crippen LogP contribution in [0.2, 0.25) is 0 Å². The fourth-order valence-electron chi connectivity index (χ4n) is 1.29. The lowest BCUT2D eigenvalue weighted by molar-refractivity contribution is -0.137. The summed E-state index contributed by atoms with van der Waals surface area (Å²) in [5.74, 6) is -0.501.